The third-order valence-corrected chi connectivity index (χ3v) is 4.10. The molecule has 1 unspecified atom stereocenters. The Balaban J connectivity index is 1.32. The van der Waals surface area contributed by atoms with Gasteiger partial charge in [-0.1, -0.05) is 48.5 Å². The summed E-state index contributed by atoms with van der Waals surface area (Å²) < 4.78 is 5.71. The lowest BCUT2D eigenvalue weighted by atomic mass is 10.2. The van der Waals surface area contributed by atoms with Crippen LogP contribution < -0.4 is 10.2 Å². The van der Waals surface area contributed by atoms with E-state index in [9.17, 15) is 0 Å². The Labute approximate surface area is 132 Å². The van der Waals surface area contributed by atoms with E-state index >= 15 is 0 Å². The summed E-state index contributed by atoms with van der Waals surface area (Å²) in [6.45, 7) is 4.59. The lowest BCUT2D eigenvalue weighted by molar-refractivity contribution is 0.121. The van der Waals surface area contributed by atoms with Crippen LogP contribution in [0.1, 0.15) is 12.0 Å². The summed E-state index contributed by atoms with van der Waals surface area (Å²) in [5.74, 6) is 0. The first-order chi connectivity index (χ1) is 10.9. The van der Waals surface area contributed by atoms with E-state index in [0.29, 0.717) is 12.6 Å². The topological polar surface area (TPSA) is 24.5 Å². The van der Waals surface area contributed by atoms with Gasteiger partial charge in [-0.05, 0) is 24.1 Å². The Kier molecular flexibility index (Phi) is 5.46. The summed E-state index contributed by atoms with van der Waals surface area (Å²) in [5.41, 5.74) is 2.56. The fourth-order valence-corrected chi connectivity index (χ4v) is 2.90. The Morgan fingerprint density at radius 2 is 1.73 bits per heavy atom. The molecule has 1 N–H and O–H groups in total. The van der Waals surface area contributed by atoms with Crippen molar-refractivity contribution in [3.05, 3.63) is 66.2 Å². The van der Waals surface area contributed by atoms with Crippen molar-refractivity contribution in [3.63, 3.8) is 0 Å². The van der Waals surface area contributed by atoms with E-state index in [4.69, 9.17) is 4.74 Å². The average Bonchev–Trinajstić information content (AvgIpc) is 3.05. The molecule has 2 aromatic carbocycles. The molecule has 3 nitrogen and oxygen atoms in total. The molecule has 0 saturated carbocycles. The fourth-order valence-electron chi connectivity index (χ4n) is 2.90. The first-order valence-electron chi connectivity index (χ1n) is 8.07. The van der Waals surface area contributed by atoms with Crippen molar-refractivity contribution in [2.45, 2.75) is 19.1 Å². The molecule has 0 aromatic heterocycles. The Hall–Kier alpha value is -1.84. The summed E-state index contributed by atoms with van der Waals surface area (Å²) in [6, 6.07) is 21.5. The van der Waals surface area contributed by atoms with Crippen molar-refractivity contribution in [3.8, 4) is 0 Å². The first-order valence-corrected chi connectivity index (χ1v) is 8.07. The van der Waals surface area contributed by atoms with Crippen molar-refractivity contribution < 1.29 is 4.74 Å². The number of anilines is 1. The van der Waals surface area contributed by atoms with E-state index in [1.807, 2.05) is 18.2 Å². The fraction of sp³-hybridized carbons (Fsp3) is 0.368. The third-order valence-electron chi connectivity index (χ3n) is 4.10. The number of hydrogen-bond donors (Lipinski definition) is 1. The minimum Gasteiger partial charge on any atom is -0.375 e. The van der Waals surface area contributed by atoms with Crippen LogP contribution >= 0.6 is 0 Å². The molecule has 1 aliphatic heterocycles. The van der Waals surface area contributed by atoms with Gasteiger partial charge in [-0.2, -0.15) is 0 Å². The summed E-state index contributed by atoms with van der Waals surface area (Å²) in [7, 11) is 0. The van der Waals surface area contributed by atoms with Crippen LogP contribution in [-0.2, 0) is 11.3 Å². The quantitative estimate of drug-likeness (QED) is 0.795. The minimum atomic E-state index is 0.570. The van der Waals surface area contributed by atoms with Crippen molar-refractivity contribution in [2.24, 2.45) is 0 Å². The molecule has 0 amide bonds. The van der Waals surface area contributed by atoms with Gasteiger partial charge in [-0.3, -0.25) is 0 Å². The molecule has 3 heteroatoms. The molecule has 2 aromatic rings. The zero-order chi connectivity index (χ0) is 15.0. The number of nitrogens with one attached hydrogen (secondary N) is 1. The molecular weight excluding hydrogens is 272 g/mol. The van der Waals surface area contributed by atoms with Crippen LogP contribution in [0.3, 0.4) is 0 Å². The highest BCUT2D eigenvalue weighted by atomic mass is 16.5. The number of benzene rings is 2. The van der Waals surface area contributed by atoms with Crippen LogP contribution in [-0.4, -0.2) is 32.3 Å². The zero-order valence-corrected chi connectivity index (χ0v) is 12.9. The third kappa shape index (κ3) is 4.33. The molecular formula is C19H24N2O. The molecule has 0 bridgehead atoms. The van der Waals surface area contributed by atoms with Gasteiger partial charge in [-0.25, -0.2) is 0 Å². The smallest absolute Gasteiger partial charge is 0.0717 e. The number of nitrogens with zero attached hydrogens (tertiary/aromatic N) is 1. The lowest BCUT2D eigenvalue weighted by Gasteiger charge is -2.19. The van der Waals surface area contributed by atoms with Crippen molar-refractivity contribution in [1.29, 1.82) is 0 Å². The van der Waals surface area contributed by atoms with Crippen LogP contribution in [0.15, 0.2) is 60.7 Å². The summed E-state index contributed by atoms with van der Waals surface area (Å²) in [5, 5.41) is 3.60. The van der Waals surface area contributed by atoms with Crippen molar-refractivity contribution in [2.75, 3.05) is 31.1 Å². The molecule has 1 aliphatic rings. The van der Waals surface area contributed by atoms with Gasteiger partial charge in [0.05, 0.1) is 13.2 Å². The SMILES string of the molecule is c1ccc(COCCNC2CCN(c3ccccc3)C2)cc1. The Morgan fingerprint density at radius 1 is 1.00 bits per heavy atom. The number of ether oxygens (including phenoxy) is 1. The molecule has 1 saturated heterocycles. The molecule has 116 valence electrons. The Bertz CT molecular complexity index is 544. The van der Waals surface area contributed by atoms with Gasteiger partial charge in [-0.15, -0.1) is 0 Å². The van der Waals surface area contributed by atoms with E-state index in [-0.39, 0.29) is 0 Å². The summed E-state index contributed by atoms with van der Waals surface area (Å²) in [6.07, 6.45) is 1.20. The normalized spacial score (nSPS) is 17.8. The number of rotatable bonds is 7. The van der Waals surface area contributed by atoms with Gasteiger partial charge < -0.3 is 15.0 Å². The van der Waals surface area contributed by atoms with Gasteiger partial charge in [0, 0.05) is 31.4 Å². The molecule has 1 fully saturated rings. The van der Waals surface area contributed by atoms with Crippen molar-refractivity contribution >= 4 is 5.69 Å². The standard InChI is InChI=1S/C19H24N2O/c1-3-7-17(8-4-1)16-22-14-12-20-18-11-13-21(15-18)19-9-5-2-6-10-19/h1-10,18,20H,11-16H2. The van der Waals surface area contributed by atoms with Gasteiger partial charge >= 0.3 is 0 Å². The maximum Gasteiger partial charge on any atom is 0.0717 e. The molecule has 3 rings (SSSR count). The van der Waals surface area contributed by atoms with Gasteiger partial charge in [0.25, 0.3) is 0 Å². The van der Waals surface area contributed by atoms with Gasteiger partial charge in [0.2, 0.25) is 0 Å². The lowest BCUT2D eigenvalue weighted by Crippen LogP contribution is -2.34. The second-order valence-electron chi connectivity index (χ2n) is 5.76. The summed E-state index contributed by atoms with van der Waals surface area (Å²) in [4.78, 5) is 2.45. The van der Waals surface area contributed by atoms with E-state index in [0.717, 1.165) is 26.2 Å². The van der Waals surface area contributed by atoms with E-state index < -0.39 is 0 Å². The highest BCUT2D eigenvalue weighted by Gasteiger charge is 2.21. The highest BCUT2D eigenvalue weighted by molar-refractivity contribution is 5.47. The molecule has 1 heterocycles. The minimum absolute atomic E-state index is 0.570. The van der Waals surface area contributed by atoms with E-state index in [1.165, 1.54) is 17.7 Å². The largest absolute Gasteiger partial charge is 0.375 e. The molecule has 0 aliphatic carbocycles. The highest BCUT2D eigenvalue weighted by Crippen LogP contribution is 2.19. The predicted octanol–water partition coefficient (Wildman–Crippen LogP) is 3.07. The maximum absolute atomic E-state index is 5.71. The molecule has 0 radical (unpaired) electrons. The summed E-state index contributed by atoms with van der Waals surface area (Å²) >= 11 is 0. The molecule has 1 atom stereocenters. The van der Waals surface area contributed by atoms with Gasteiger partial charge in [0.15, 0.2) is 0 Å². The van der Waals surface area contributed by atoms with Gasteiger partial charge in [0.1, 0.15) is 0 Å². The number of para-hydroxylation sites is 1. The second kappa shape index (κ2) is 7.97. The number of hydrogen-bond acceptors (Lipinski definition) is 3. The maximum atomic E-state index is 5.71. The van der Waals surface area contributed by atoms with E-state index in [2.05, 4.69) is 52.7 Å². The van der Waals surface area contributed by atoms with E-state index in [1.54, 1.807) is 0 Å². The van der Waals surface area contributed by atoms with Crippen molar-refractivity contribution in [1.82, 2.24) is 5.32 Å². The first kappa shape index (κ1) is 15.1. The van der Waals surface area contributed by atoms with Crippen LogP contribution in [0.4, 0.5) is 5.69 Å². The average molecular weight is 296 g/mol. The van der Waals surface area contributed by atoms with Crippen LogP contribution in [0.25, 0.3) is 0 Å². The van der Waals surface area contributed by atoms with Crippen LogP contribution in [0, 0.1) is 0 Å². The second-order valence-corrected chi connectivity index (χ2v) is 5.76. The molecule has 22 heavy (non-hydrogen) atoms. The predicted molar refractivity (Wildman–Crippen MR) is 91.2 cm³/mol. The van der Waals surface area contributed by atoms with Crippen LogP contribution in [0.2, 0.25) is 0 Å². The van der Waals surface area contributed by atoms with Crippen LogP contribution in [0.5, 0.6) is 0 Å². The Morgan fingerprint density at radius 3 is 2.50 bits per heavy atom. The monoisotopic (exact) mass is 296 g/mol. The molecule has 0 spiro atoms. The zero-order valence-electron chi connectivity index (χ0n) is 12.9.